The summed E-state index contributed by atoms with van der Waals surface area (Å²) in [5.74, 6) is -0.446. The minimum absolute atomic E-state index is 0.112. The van der Waals surface area contributed by atoms with E-state index >= 15 is 0 Å². The maximum absolute atomic E-state index is 12.2. The van der Waals surface area contributed by atoms with Gasteiger partial charge in [-0.3, -0.25) is 9.78 Å². The third kappa shape index (κ3) is 4.21. The molecule has 4 nitrogen and oxygen atoms in total. The van der Waals surface area contributed by atoms with Gasteiger partial charge in [0.15, 0.2) is 0 Å². The zero-order valence-electron chi connectivity index (χ0n) is 8.62. The van der Waals surface area contributed by atoms with Crippen molar-refractivity contribution in [3.8, 4) is 0 Å². The number of carbonyl (C=O) groups excluding carboxylic acids is 2. The quantitative estimate of drug-likeness (QED) is 0.805. The summed E-state index contributed by atoms with van der Waals surface area (Å²) in [6.45, 7) is -0.118. The van der Waals surface area contributed by atoms with Gasteiger partial charge in [-0.15, -0.1) is 0 Å². The van der Waals surface area contributed by atoms with Crippen LogP contribution in [0.4, 0.5) is 13.2 Å². The van der Waals surface area contributed by atoms with Gasteiger partial charge in [0.25, 0.3) is 0 Å². The highest BCUT2D eigenvalue weighted by Crippen LogP contribution is 2.27. The molecule has 0 aliphatic heterocycles. The van der Waals surface area contributed by atoms with Crippen molar-refractivity contribution in [1.82, 2.24) is 10.3 Å². The molecule has 0 bridgehead atoms. The Morgan fingerprint density at radius 1 is 1.41 bits per heavy atom. The van der Waals surface area contributed by atoms with Crippen molar-refractivity contribution in [2.24, 2.45) is 0 Å². The Labute approximate surface area is 94.8 Å². The van der Waals surface area contributed by atoms with E-state index in [1.165, 1.54) is 6.07 Å². The number of pyridine rings is 1. The van der Waals surface area contributed by atoms with E-state index in [2.05, 4.69) is 10.3 Å². The van der Waals surface area contributed by atoms with Gasteiger partial charge < -0.3 is 10.1 Å². The Balaban J connectivity index is 2.62. The second-order valence-corrected chi connectivity index (χ2v) is 3.20. The summed E-state index contributed by atoms with van der Waals surface area (Å²) in [7, 11) is 0. The molecule has 1 aromatic heterocycles. The summed E-state index contributed by atoms with van der Waals surface area (Å²) in [6.07, 6.45) is -3.09. The van der Waals surface area contributed by atoms with Crippen molar-refractivity contribution in [1.29, 1.82) is 0 Å². The van der Waals surface area contributed by atoms with Gasteiger partial charge in [0, 0.05) is 6.20 Å². The molecule has 1 N–H and O–H groups in total. The molecule has 1 aromatic rings. The van der Waals surface area contributed by atoms with Crippen LogP contribution in [0.25, 0.3) is 0 Å². The minimum Gasteiger partial charge on any atom is -0.349 e. The maximum atomic E-state index is 12.2. The summed E-state index contributed by atoms with van der Waals surface area (Å²) in [5.41, 5.74) is -0.657. The number of alkyl halides is 3. The van der Waals surface area contributed by atoms with Crippen LogP contribution >= 0.6 is 0 Å². The number of hydrogen-bond donors (Lipinski definition) is 1. The molecule has 1 rings (SSSR count). The van der Waals surface area contributed by atoms with Gasteiger partial charge in [0.05, 0.1) is 13.0 Å². The van der Waals surface area contributed by atoms with Gasteiger partial charge in [-0.25, -0.2) is 0 Å². The molecule has 0 aliphatic carbocycles. The fourth-order valence-electron chi connectivity index (χ4n) is 1.10. The van der Waals surface area contributed by atoms with E-state index in [1.807, 2.05) is 0 Å². The van der Waals surface area contributed by atoms with Crippen LogP contribution in [0.3, 0.4) is 0 Å². The van der Waals surface area contributed by atoms with Gasteiger partial charge >= 0.3 is 6.18 Å². The topological polar surface area (TPSA) is 59.1 Å². The lowest BCUT2D eigenvalue weighted by Crippen LogP contribution is -2.26. The van der Waals surface area contributed by atoms with Crippen molar-refractivity contribution in [3.63, 3.8) is 0 Å². The van der Waals surface area contributed by atoms with E-state index < -0.39 is 17.8 Å². The minimum atomic E-state index is -4.49. The normalized spacial score (nSPS) is 11.0. The van der Waals surface area contributed by atoms with Crippen LogP contribution < -0.4 is 5.32 Å². The molecule has 0 unspecified atom stereocenters. The first kappa shape index (κ1) is 13.1. The second-order valence-electron chi connectivity index (χ2n) is 3.20. The monoisotopic (exact) mass is 246 g/mol. The first-order valence-electron chi connectivity index (χ1n) is 4.66. The summed E-state index contributed by atoms with van der Waals surface area (Å²) >= 11 is 0. The predicted molar refractivity (Wildman–Crippen MR) is 52.0 cm³/mol. The third-order valence-corrected chi connectivity index (χ3v) is 1.86. The highest BCUT2D eigenvalue weighted by atomic mass is 19.4. The fourth-order valence-corrected chi connectivity index (χ4v) is 1.10. The van der Waals surface area contributed by atoms with Crippen LogP contribution in [-0.4, -0.2) is 23.7 Å². The molecule has 1 heterocycles. The molecule has 17 heavy (non-hydrogen) atoms. The molecule has 1 amide bonds. The Hall–Kier alpha value is -1.92. The molecule has 0 atom stereocenters. The van der Waals surface area contributed by atoms with Crippen LogP contribution in [0, 0.1) is 0 Å². The van der Waals surface area contributed by atoms with Crippen molar-refractivity contribution < 1.29 is 22.8 Å². The Morgan fingerprint density at radius 3 is 2.59 bits per heavy atom. The summed E-state index contributed by atoms with van der Waals surface area (Å²) in [5, 5.41) is 2.27. The molecule has 0 radical (unpaired) electrons. The first-order valence-corrected chi connectivity index (χ1v) is 4.66. The highest BCUT2D eigenvalue weighted by molar-refractivity contribution is 5.80. The molecule has 0 aromatic carbocycles. The molecule has 0 fully saturated rings. The third-order valence-electron chi connectivity index (χ3n) is 1.86. The lowest BCUT2D eigenvalue weighted by molar-refractivity contribution is -0.141. The number of aromatic nitrogens is 1. The second kappa shape index (κ2) is 5.42. The van der Waals surface area contributed by atoms with Gasteiger partial charge in [0.2, 0.25) is 5.91 Å². The van der Waals surface area contributed by atoms with Crippen LogP contribution in [0.15, 0.2) is 18.3 Å². The lowest BCUT2D eigenvalue weighted by Gasteiger charge is -2.06. The lowest BCUT2D eigenvalue weighted by atomic mass is 10.2. The van der Waals surface area contributed by atoms with Crippen LogP contribution in [0.1, 0.15) is 11.3 Å². The molecule has 92 valence electrons. The average Bonchev–Trinajstić information content (AvgIpc) is 2.26. The standard InChI is InChI=1S/C10H9F3N2O2/c11-10(12,13)8-2-1-7(6-15-8)5-9(17)14-3-4-16/h1-2,4,6H,3,5H2,(H,14,17). The van der Waals surface area contributed by atoms with E-state index in [9.17, 15) is 22.8 Å². The Kier molecular flexibility index (Phi) is 4.19. The molecule has 0 saturated heterocycles. The van der Waals surface area contributed by atoms with Crippen LogP contribution in [0.2, 0.25) is 0 Å². The summed E-state index contributed by atoms with van der Waals surface area (Å²) in [4.78, 5) is 24.3. The first-order chi connectivity index (χ1) is 7.93. The number of halogens is 3. The van der Waals surface area contributed by atoms with Gasteiger partial charge in [-0.2, -0.15) is 13.2 Å². The Bertz CT molecular complexity index is 401. The van der Waals surface area contributed by atoms with E-state index in [0.29, 0.717) is 11.8 Å². The molecule has 0 aliphatic rings. The number of nitrogens with zero attached hydrogens (tertiary/aromatic N) is 1. The summed E-state index contributed by atoms with van der Waals surface area (Å²) < 4.78 is 36.5. The van der Waals surface area contributed by atoms with Gasteiger partial charge in [-0.1, -0.05) is 6.07 Å². The van der Waals surface area contributed by atoms with Gasteiger partial charge in [0.1, 0.15) is 12.0 Å². The zero-order valence-corrected chi connectivity index (χ0v) is 8.62. The van der Waals surface area contributed by atoms with Crippen molar-refractivity contribution in [3.05, 3.63) is 29.6 Å². The largest absolute Gasteiger partial charge is 0.433 e. The maximum Gasteiger partial charge on any atom is 0.433 e. The number of amides is 1. The average molecular weight is 246 g/mol. The molecular formula is C10H9F3N2O2. The molecule has 0 spiro atoms. The number of carbonyl (C=O) groups is 2. The molecule has 7 heteroatoms. The Morgan fingerprint density at radius 2 is 2.12 bits per heavy atom. The van der Waals surface area contributed by atoms with Gasteiger partial charge in [-0.05, 0) is 11.6 Å². The van der Waals surface area contributed by atoms with Crippen molar-refractivity contribution in [2.75, 3.05) is 6.54 Å². The zero-order chi connectivity index (χ0) is 12.9. The van der Waals surface area contributed by atoms with Crippen molar-refractivity contribution >= 4 is 12.2 Å². The van der Waals surface area contributed by atoms with E-state index in [1.54, 1.807) is 0 Å². The number of rotatable bonds is 4. The van der Waals surface area contributed by atoms with E-state index in [4.69, 9.17) is 0 Å². The predicted octanol–water partition coefficient (Wildman–Crippen LogP) is 0.958. The fraction of sp³-hybridized carbons (Fsp3) is 0.300. The van der Waals surface area contributed by atoms with Crippen molar-refractivity contribution in [2.45, 2.75) is 12.6 Å². The van der Waals surface area contributed by atoms with E-state index in [0.717, 1.165) is 12.3 Å². The molecular weight excluding hydrogens is 237 g/mol. The number of nitrogens with one attached hydrogen (secondary N) is 1. The number of aldehydes is 1. The molecule has 0 saturated carbocycles. The SMILES string of the molecule is O=CCNC(=O)Cc1ccc(C(F)(F)F)nc1. The highest BCUT2D eigenvalue weighted by Gasteiger charge is 2.31. The summed E-state index contributed by atoms with van der Waals surface area (Å²) in [6, 6.07) is 1.98. The van der Waals surface area contributed by atoms with Crippen LogP contribution in [-0.2, 0) is 22.2 Å². The van der Waals surface area contributed by atoms with Crippen LogP contribution in [0.5, 0.6) is 0 Å². The number of hydrogen-bond acceptors (Lipinski definition) is 3. The smallest absolute Gasteiger partial charge is 0.349 e. The van der Waals surface area contributed by atoms with E-state index in [-0.39, 0.29) is 13.0 Å².